The molecule has 2 aliphatic rings. The first-order valence-corrected chi connectivity index (χ1v) is 9.87. The summed E-state index contributed by atoms with van der Waals surface area (Å²) in [4.78, 5) is 39.4. The summed E-state index contributed by atoms with van der Waals surface area (Å²) in [6.45, 7) is 5.72. The molecule has 7 nitrogen and oxygen atoms in total. The molecule has 2 heterocycles. The quantitative estimate of drug-likeness (QED) is 0.837. The number of rotatable bonds is 5. The second kappa shape index (κ2) is 8.20. The highest BCUT2D eigenvalue weighted by Crippen LogP contribution is 2.43. The van der Waals surface area contributed by atoms with Crippen molar-refractivity contribution < 1.29 is 24.2 Å². The number of carbonyl (C=O) groups excluding carboxylic acids is 2. The number of aliphatic carboxylic acids is 1. The van der Waals surface area contributed by atoms with Gasteiger partial charge in [0.25, 0.3) is 5.91 Å². The lowest BCUT2D eigenvalue weighted by Crippen LogP contribution is -2.44. The summed E-state index contributed by atoms with van der Waals surface area (Å²) >= 11 is 0. The summed E-state index contributed by atoms with van der Waals surface area (Å²) in [6.07, 6.45) is 2.82. The van der Waals surface area contributed by atoms with Crippen LogP contribution in [0, 0.1) is 5.41 Å². The molecule has 2 amide bonds. The van der Waals surface area contributed by atoms with Gasteiger partial charge in [-0.05, 0) is 55.4 Å². The van der Waals surface area contributed by atoms with Gasteiger partial charge in [0, 0.05) is 32.1 Å². The molecule has 1 spiro atoms. The molecule has 2 saturated heterocycles. The second-order valence-corrected chi connectivity index (χ2v) is 7.87. The highest BCUT2D eigenvalue weighted by molar-refractivity contribution is 5.94. The van der Waals surface area contributed by atoms with E-state index in [-0.39, 0.29) is 17.2 Å². The van der Waals surface area contributed by atoms with Crippen molar-refractivity contribution in [2.45, 2.75) is 45.6 Å². The Labute approximate surface area is 165 Å². The van der Waals surface area contributed by atoms with Crippen LogP contribution in [0.15, 0.2) is 24.3 Å². The molecule has 28 heavy (non-hydrogen) atoms. The van der Waals surface area contributed by atoms with Crippen LogP contribution in [0.5, 0.6) is 5.75 Å². The molecule has 7 heteroatoms. The molecule has 1 aromatic carbocycles. The van der Waals surface area contributed by atoms with E-state index in [1.165, 1.54) is 11.8 Å². The fraction of sp³-hybridized carbons (Fsp3) is 0.571. The molecule has 2 aliphatic heterocycles. The molecule has 0 aliphatic carbocycles. The van der Waals surface area contributed by atoms with Crippen LogP contribution >= 0.6 is 0 Å². The van der Waals surface area contributed by atoms with E-state index in [1.54, 1.807) is 12.1 Å². The average molecular weight is 388 g/mol. The van der Waals surface area contributed by atoms with Gasteiger partial charge in [0.15, 0.2) is 0 Å². The van der Waals surface area contributed by atoms with E-state index in [9.17, 15) is 19.5 Å². The van der Waals surface area contributed by atoms with Crippen LogP contribution in [-0.2, 0) is 9.59 Å². The minimum absolute atomic E-state index is 0.0203. The summed E-state index contributed by atoms with van der Waals surface area (Å²) < 4.78 is 5.55. The number of hydrogen-bond acceptors (Lipinski definition) is 4. The highest BCUT2D eigenvalue weighted by atomic mass is 16.5. The van der Waals surface area contributed by atoms with E-state index in [1.807, 2.05) is 24.0 Å². The number of carboxylic acids is 1. The lowest BCUT2D eigenvalue weighted by atomic mass is 9.76. The van der Waals surface area contributed by atoms with Gasteiger partial charge in [0.2, 0.25) is 5.91 Å². The third kappa shape index (κ3) is 4.13. The van der Waals surface area contributed by atoms with Crippen LogP contribution in [-0.4, -0.2) is 65.0 Å². The Hall–Kier alpha value is -2.57. The van der Waals surface area contributed by atoms with Crippen LogP contribution in [0.2, 0.25) is 0 Å². The number of benzene rings is 1. The van der Waals surface area contributed by atoms with Crippen molar-refractivity contribution in [1.82, 2.24) is 9.80 Å². The summed E-state index contributed by atoms with van der Waals surface area (Å²) in [5.74, 6) is -0.414. The number of hydrogen-bond donors (Lipinski definition) is 1. The van der Waals surface area contributed by atoms with Crippen molar-refractivity contribution in [2.75, 3.05) is 26.2 Å². The number of amides is 2. The minimum Gasteiger partial charge on any atom is -0.494 e. The zero-order valence-corrected chi connectivity index (χ0v) is 16.5. The standard InChI is InChI=1S/C21H28N2O5/c1-3-12-28-17-6-4-16(5-7-17)19(25)22-10-8-21(9-11-22)13-18(20(26)27)23(14-21)15(2)24/h4-7,18H,3,8-14H2,1-2H3,(H,26,27)/t18-/m0/s1. The molecule has 0 saturated carbocycles. The maximum atomic E-state index is 12.8. The van der Waals surface area contributed by atoms with E-state index in [2.05, 4.69) is 0 Å². The maximum Gasteiger partial charge on any atom is 0.326 e. The number of carboxylic acid groups (broad SMARTS) is 1. The van der Waals surface area contributed by atoms with Gasteiger partial charge in [-0.25, -0.2) is 4.79 Å². The van der Waals surface area contributed by atoms with Crippen LogP contribution in [0.1, 0.15) is 49.9 Å². The number of carbonyl (C=O) groups is 3. The highest BCUT2D eigenvalue weighted by Gasteiger charge is 2.49. The Balaban J connectivity index is 1.61. The monoisotopic (exact) mass is 388 g/mol. The van der Waals surface area contributed by atoms with Crippen LogP contribution in [0.4, 0.5) is 0 Å². The van der Waals surface area contributed by atoms with E-state index in [0.29, 0.717) is 51.1 Å². The molecule has 0 bridgehead atoms. The Kier molecular flexibility index (Phi) is 5.91. The summed E-state index contributed by atoms with van der Waals surface area (Å²) in [6, 6.07) is 6.44. The van der Waals surface area contributed by atoms with Gasteiger partial charge in [0.05, 0.1) is 6.61 Å². The van der Waals surface area contributed by atoms with Gasteiger partial charge in [-0.2, -0.15) is 0 Å². The topological polar surface area (TPSA) is 87.2 Å². The fourth-order valence-electron chi connectivity index (χ4n) is 4.25. The number of ether oxygens (including phenoxy) is 1. The van der Waals surface area contributed by atoms with E-state index in [4.69, 9.17) is 4.74 Å². The van der Waals surface area contributed by atoms with Crippen LogP contribution in [0.25, 0.3) is 0 Å². The molecule has 0 radical (unpaired) electrons. The first-order valence-electron chi connectivity index (χ1n) is 9.87. The van der Waals surface area contributed by atoms with E-state index >= 15 is 0 Å². The Bertz CT molecular complexity index is 714. The zero-order chi connectivity index (χ0) is 20.3. The molecular formula is C21H28N2O5. The normalized spacial score (nSPS) is 21.0. The third-order valence-corrected chi connectivity index (χ3v) is 5.88. The first-order chi connectivity index (χ1) is 13.3. The maximum absolute atomic E-state index is 12.8. The van der Waals surface area contributed by atoms with Crippen LogP contribution < -0.4 is 4.74 Å². The van der Waals surface area contributed by atoms with Crippen molar-refractivity contribution in [3.05, 3.63) is 29.8 Å². The van der Waals surface area contributed by atoms with Crippen molar-refractivity contribution in [2.24, 2.45) is 5.41 Å². The predicted molar refractivity (Wildman–Crippen MR) is 103 cm³/mol. The number of likely N-dealkylation sites (tertiary alicyclic amines) is 2. The first kappa shape index (κ1) is 20.2. The van der Waals surface area contributed by atoms with Crippen molar-refractivity contribution >= 4 is 17.8 Å². The molecule has 152 valence electrons. The minimum atomic E-state index is -0.948. The average Bonchev–Trinajstić information content (AvgIpc) is 3.07. The lowest BCUT2D eigenvalue weighted by molar-refractivity contribution is -0.147. The van der Waals surface area contributed by atoms with Gasteiger partial charge in [-0.1, -0.05) is 6.92 Å². The predicted octanol–water partition coefficient (Wildman–Crippen LogP) is 2.40. The molecule has 1 N–H and O–H groups in total. The third-order valence-electron chi connectivity index (χ3n) is 5.88. The molecule has 0 unspecified atom stereocenters. The van der Waals surface area contributed by atoms with Gasteiger partial charge >= 0.3 is 5.97 Å². The molecule has 1 atom stereocenters. The van der Waals surface area contributed by atoms with Gasteiger partial charge < -0.3 is 19.6 Å². The molecule has 0 aromatic heterocycles. The Morgan fingerprint density at radius 2 is 1.82 bits per heavy atom. The summed E-state index contributed by atoms with van der Waals surface area (Å²) in [5, 5.41) is 9.44. The smallest absolute Gasteiger partial charge is 0.326 e. The van der Waals surface area contributed by atoms with Gasteiger partial charge in [-0.15, -0.1) is 0 Å². The van der Waals surface area contributed by atoms with Crippen molar-refractivity contribution in [3.63, 3.8) is 0 Å². The number of piperidine rings is 1. The van der Waals surface area contributed by atoms with Gasteiger partial charge in [-0.3, -0.25) is 9.59 Å². The largest absolute Gasteiger partial charge is 0.494 e. The SMILES string of the molecule is CCCOc1ccc(C(=O)N2CCC3(CC2)C[C@@H](C(=O)O)N(C(C)=O)C3)cc1. The molecular weight excluding hydrogens is 360 g/mol. The van der Waals surface area contributed by atoms with Crippen molar-refractivity contribution in [3.8, 4) is 5.75 Å². The molecule has 2 fully saturated rings. The van der Waals surface area contributed by atoms with E-state index in [0.717, 1.165) is 12.2 Å². The van der Waals surface area contributed by atoms with Gasteiger partial charge in [0.1, 0.15) is 11.8 Å². The molecule has 3 rings (SSSR count). The summed E-state index contributed by atoms with van der Waals surface area (Å²) in [7, 11) is 0. The van der Waals surface area contributed by atoms with Crippen LogP contribution in [0.3, 0.4) is 0 Å². The second-order valence-electron chi connectivity index (χ2n) is 7.87. The zero-order valence-electron chi connectivity index (χ0n) is 16.5. The fourth-order valence-corrected chi connectivity index (χ4v) is 4.25. The Morgan fingerprint density at radius 1 is 1.18 bits per heavy atom. The summed E-state index contributed by atoms with van der Waals surface area (Å²) in [5.41, 5.74) is 0.420. The number of nitrogens with zero attached hydrogens (tertiary/aromatic N) is 2. The van der Waals surface area contributed by atoms with Crippen molar-refractivity contribution in [1.29, 1.82) is 0 Å². The Morgan fingerprint density at radius 3 is 2.32 bits per heavy atom. The lowest BCUT2D eigenvalue weighted by Gasteiger charge is -2.39. The molecule has 1 aromatic rings. The van der Waals surface area contributed by atoms with E-state index < -0.39 is 12.0 Å².